The van der Waals surface area contributed by atoms with Gasteiger partial charge in [0.1, 0.15) is 5.76 Å². The van der Waals surface area contributed by atoms with Gasteiger partial charge in [0.2, 0.25) is 0 Å². The van der Waals surface area contributed by atoms with Gasteiger partial charge in [-0.3, -0.25) is 4.79 Å². The highest BCUT2D eigenvalue weighted by Crippen LogP contribution is 2.46. The number of anilines is 1. The molecule has 2 aromatic rings. The minimum Gasteiger partial charge on any atom is -0.437 e. The standard InChI is InChI=1S/C19H22N2O2S/c1-12-13(2)23-18(20-12)24-11-14(22)10-17-19(3,4)15-8-6-7-9-16(15)21(17)5/h6-10H,11H2,1-5H3/b17-10-. The van der Waals surface area contributed by atoms with Crippen LogP contribution >= 0.6 is 11.8 Å². The van der Waals surface area contributed by atoms with Gasteiger partial charge in [0, 0.05) is 29.9 Å². The van der Waals surface area contributed by atoms with Crippen LogP contribution in [-0.4, -0.2) is 23.6 Å². The van der Waals surface area contributed by atoms with E-state index in [1.807, 2.05) is 33.0 Å². The molecule has 0 N–H and O–H groups in total. The van der Waals surface area contributed by atoms with Crippen molar-refractivity contribution in [2.45, 2.75) is 38.3 Å². The molecule has 0 amide bonds. The number of nitrogens with zero attached hydrogens (tertiary/aromatic N) is 2. The topological polar surface area (TPSA) is 46.3 Å². The van der Waals surface area contributed by atoms with Crippen LogP contribution in [-0.2, 0) is 10.2 Å². The van der Waals surface area contributed by atoms with Crippen LogP contribution in [0.5, 0.6) is 0 Å². The minimum absolute atomic E-state index is 0.0660. The molecule has 0 fully saturated rings. The quantitative estimate of drug-likeness (QED) is 0.613. The number of benzene rings is 1. The molecular formula is C19H22N2O2S. The van der Waals surface area contributed by atoms with E-state index in [4.69, 9.17) is 4.42 Å². The molecule has 5 heteroatoms. The number of likely N-dealkylation sites (N-methyl/N-ethyl adjacent to an activating group) is 1. The van der Waals surface area contributed by atoms with Gasteiger partial charge in [-0.1, -0.05) is 43.8 Å². The van der Waals surface area contributed by atoms with Gasteiger partial charge in [0.25, 0.3) is 5.22 Å². The van der Waals surface area contributed by atoms with Gasteiger partial charge in [-0.25, -0.2) is 4.98 Å². The van der Waals surface area contributed by atoms with E-state index >= 15 is 0 Å². The van der Waals surface area contributed by atoms with Crippen molar-refractivity contribution in [3.63, 3.8) is 0 Å². The molecule has 126 valence electrons. The number of hydrogen-bond acceptors (Lipinski definition) is 5. The maximum Gasteiger partial charge on any atom is 0.256 e. The maximum absolute atomic E-state index is 12.5. The molecule has 0 saturated carbocycles. The Hall–Kier alpha value is -2.01. The number of para-hydroxylation sites is 1. The number of aromatic nitrogens is 1. The molecule has 0 radical (unpaired) electrons. The van der Waals surface area contributed by atoms with Gasteiger partial charge in [-0.2, -0.15) is 0 Å². The first-order valence-electron chi connectivity index (χ1n) is 7.96. The largest absolute Gasteiger partial charge is 0.437 e. The number of rotatable bonds is 4. The lowest BCUT2D eigenvalue weighted by atomic mass is 9.83. The lowest BCUT2D eigenvalue weighted by Gasteiger charge is -2.23. The first kappa shape index (κ1) is 16.8. The molecule has 0 bridgehead atoms. The second kappa shape index (κ2) is 6.13. The number of allylic oxidation sites excluding steroid dienone is 2. The molecule has 1 aromatic carbocycles. The van der Waals surface area contributed by atoms with Gasteiger partial charge in [0.05, 0.1) is 11.4 Å². The molecule has 0 saturated heterocycles. The van der Waals surface area contributed by atoms with Crippen molar-refractivity contribution in [3.8, 4) is 0 Å². The first-order valence-corrected chi connectivity index (χ1v) is 8.94. The molecule has 4 nitrogen and oxygen atoms in total. The Bertz CT molecular complexity index is 801. The Labute approximate surface area is 147 Å². The van der Waals surface area contributed by atoms with Crippen LogP contribution in [0.25, 0.3) is 0 Å². The van der Waals surface area contributed by atoms with Crippen LogP contribution in [0.4, 0.5) is 5.69 Å². The molecule has 0 aliphatic carbocycles. The van der Waals surface area contributed by atoms with Gasteiger partial charge in [0.15, 0.2) is 5.78 Å². The third kappa shape index (κ3) is 2.88. The van der Waals surface area contributed by atoms with E-state index in [2.05, 4.69) is 35.9 Å². The Morgan fingerprint density at radius 1 is 1.33 bits per heavy atom. The number of carbonyl (C=O) groups excluding carboxylic acids is 1. The van der Waals surface area contributed by atoms with Crippen LogP contribution in [0.1, 0.15) is 30.9 Å². The number of aryl methyl sites for hydroxylation is 2. The van der Waals surface area contributed by atoms with E-state index < -0.39 is 0 Å². The van der Waals surface area contributed by atoms with Crippen molar-refractivity contribution in [2.24, 2.45) is 0 Å². The van der Waals surface area contributed by atoms with Crippen molar-refractivity contribution >= 4 is 23.2 Å². The van der Waals surface area contributed by atoms with Gasteiger partial charge >= 0.3 is 0 Å². The number of carbonyl (C=O) groups is 1. The highest BCUT2D eigenvalue weighted by molar-refractivity contribution is 7.99. The zero-order valence-electron chi connectivity index (χ0n) is 14.7. The minimum atomic E-state index is -0.179. The summed E-state index contributed by atoms with van der Waals surface area (Å²) in [7, 11) is 2.01. The number of hydrogen-bond donors (Lipinski definition) is 0. The first-order chi connectivity index (χ1) is 11.3. The monoisotopic (exact) mass is 342 g/mol. The Morgan fingerprint density at radius 3 is 2.67 bits per heavy atom. The van der Waals surface area contributed by atoms with E-state index in [0.29, 0.717) is 11.0 Å². The van der Waals surface area contributed by atoms with Crippen molar-refractivity contribution < 1.29 is 9.21 Å². The van der Waals surface area contributed by atoms with Crippen LogP contribution in [0, 0.1) is 13.8 Å². The molecule has 1 aromatic heterocycles. The Kier molecular flexibility index (Phi) is 4.30. The Morgan fingerprint density at radius 2 is 2.04 bits per heavy atom. The zero-order chi connectivity index (χ0) is 17.5. The number of ketones is 1. The predicted molar refractivity (Wildman–Crippen MR) is 97.7 cm³/mol. The van der Waals surface area contributed by atoms with E-state index in [-0.39, 0.29) is 11.2 Å². The van der Waals surface area contributed by atoms with Crippen molar-refractivity contribution in [3.05, 3.63) is 53.1 Å². The maximum atomic E-state index is 12.5. The fraction of sp³-hybridized carbons (Fsp3) is 0.368. The summed E-state index contributed by atoms with van der Waals surface area (Å²) in [4.78, 5) is 18.9. The van der Waals surface area contributed by atoms with Crippen LogP contribution in [0.3, 0.4) is 0 Å². The van der Waals surface area contributed by atoms with Gasteiger partial charge in [-0.15, -0.1) is 0 Å². The summed E-state index contributed by atoms with van der Waals surface area (Å²) in [6.45, 7) is 8.09. The molecule has 1 aliphatic rings. The second-order valence-corrected chi connectivity index (χ2v) is 7.53. The number of thioether (sulfide) groups is 1. The van der Waals surface area contributed by atoms with Gasteiger partial charge in [-0.05, 0) is 25.5 Å². The van der Waals surface area contributed by atoms with Crippen molar-refractivity contribution in [2.75, 3.05) is 17.7 Å². The lowest BCUT2D eigenvalue weighted by molar-refractivity contribution is -0.112. The van der Waals surface area contributed by atoms with Crippen molar-refractivity contribution in [1.29, 1.82) is 0 Å². The number of fused-ring (bicyclic) bond motifs is 1. The van der Waals surface area contributed by atoms with Crippen LogP contribution < -0.4 is 4.90 Å². The summed E-state index contributed by atoms with van der Waals surface area (Å²) in [6, 6.07) is 8.29. The smallest absolute Gasteiger partial charge is 0.256 e. The molecule has 0 spiro atoms. The molecule has 2 heterocycles. The second-order valence-electron chi connectivity index (χ2n) is 6.61. The average molecular weight is 342 g/mol. The molecule has 0 unspecified atom stereocenters. The molecule has 3 rings (SSSR count). The van der Waals surface area contributed by atoms with E-state index in [1.54, 1.807) is 6.08 Å². The summed E-state index contributed by atoms with van der Waals surface area (Å²) in [5.41, 5.74) is 4.12. The van der Waals surface area contributed by atoms with Crippen LogP contribution in [0.2, 0.25) is 0 Å². The third-order valence-electron chi connectivity index (χ3n) is 4.58. The molecular weight excluding hydrogens is 320 g/mol. The molecule has 0 atom stereocenters. The Balaban J connectivity index is 1.77. The fourth-order valence-corrected chi connectivity index (χ4v) is 3.83. The van der Waals surface area contributed by atoms with E-state index in [1.165, 1.54) is 17.3 Å². The number of oxazole rings is 1. The SMILES string of the molecule is Cc1nc(SCC(=O)/C=C2\N(C)c3ccccc3C2(C)C)oc1C. The van der Waals surface area contributed by atoms with Crippen LogP contribution in [0.15, 0.2) is 45.7 Å². The molecule has 1 aliphatic heterocycles. The fourth-order valence-electron chi connectivity index (χ4n) is 3.09. The lowest BCUT2D eigenvalue weighted by Crippen LogP contribution is -2.24. The molecule has 24 heavy (non-hydrogen) atoms. The van der Waals surface area contributed by atoms with E-state index in [0.717, 1.165) is 22.8 Å². The highest BCUT2D eigenvalue weighted by Gasteiger charge is 2.38. The third-order valence-corrected chi connectivity index (χ3v) is 5.44. The summed E-state index contributed by atoms with van der Waals surface area (Å²) in [6.07, 6.45) is 1.76. The normalized spacial score (nSPS) is 17.4. The zero-order valence-corrected chi connectivity index (χ0v) is 15.5. The van der Waals surface area contributed by atoms with E-state index in [9.17, 15) is 4.79 Å². The van der Waals surface area contributed by atoms with Crippen molar-refractivity contribution in [1.82, 2.24) is 4.98 Å². The summed E-state index contributed by atoms with van der Waals surface area (Å²) in [5.74, 6) is 1.19. The average Bonchev–Trinajstić information content (AvgIpc) is 2.96. The highest BCUT2D eigenvalue weighted by atomic mass is 32.2. The summed E-state index contributed by atoms with van der Waals surface area (Å²) >= 11 is 1.34. The summed E-state index contributed by atoms with van der Waals surface area (Å²) in [5, 5.41) is 0.555. The summed E-state index contributed by atoms with van der Waals surface area (Å²) < 4.78 is 5.52. The van der Waals surface area contributed by atoms with Gasteiger partial charge < -0.3 is 9.32 Å². The predicted octanol–water partition coefficient (Wildman–Crippen LogP) is 4.26.